The number of aromatic nitrogens is 3. The molecule has 47 heavy (non-hydrogen) atoms. The minimum atomic E-state index is 0.573. The average Bonchev–Trinajstić information content (AvgIpc) is 3.54. The van der Waals surface area contributed by atoms with Gasteiger partial charge in [-0.1, -0.05) is 158 Å². The molecule has 9 rings (SSSR count). The van der Waals surface area contributed by atoms with Crippen LogP contribution in [0.25, 0.3) is 89.1 Å². The van der Waals surface area contributed by atoms with Crippen LogP contribution in [0.5, 0.6) is 0 Å². The largest absolute Gasteiger partial charge is 0.455 e. The SMILES string of the molecule is c1ccc(-c2nc(-c3ccccc3)nc(-c3cccc4c3oc3c(-c5ccc(-c6cccc7ccccc67)cc5)cccc34)n2)cc1. The van der Waals surface area contributed by atoms with Crippen LogP contribution in [0.3, 0.4) is 0 Å². The van der Waals surface area contributed by atoms with Gasteiger partial charge in [0.25, 0.3) is 0 Å². The molecule has 7 aromatic carbocycles. The van der Waals surface area contributed by atoms with Crippen molar-refractivity contribution in [2.75, 3.05) is 0 Å². The van der Waals surface area contributed by atoms with Gasteiger partial charge in [0.15, 0.2) is 17.5 Å². The third kappa shape index (κ3) is 4.75. The van der Waals surface area contributed by atoms with E-state index in [0.717, 1.165) is 49.8 Å². The monoisotopic (exact) mass is 601 g/mol. The van der Waals surface area contributed by atoms with Gasteiger partial charge < -0.3 is 4.42 Å². The first kappa shape index (κ1) is 27.0. The van der Waals surface area contributed by atoms with E-state index in [4.69, 9.17) is 19.4 Å². The van der Waals surface area contributed by atoms with Gasteiger partial charge in [-0.15, -0.1) is 0 Å². The first-order valence-electron chi connectivity index (χ1n) is 15.7. The zero-order valence-corrected chi connectivity index (χ0v) is 25.3. The van der Waals surface area contributed by atoms with Crippen molar-refractivity contribution in [3.05, 3.63) is 164 Å². The van der Waals surface area contributed by atoms with Gasteiger partial charge in [-0.05, 0) is 33.5 Å². The minimum absolute atomic E-state index is 0.573. The summed E-state index contributed by atoms with van der Waals surface area (Å²) in [5.41, 5.74) is 8.83. The molecule has 0 N–H and O–H groups in total. The van der Waals surface area contributed by atoms with Crippen molar-refractivity contribution < 1.29 is 4.42 Å². The molecule has 0 atom stereocenters. The fraction of sp³-hybridized carbons (Fsp3) is 0. The van der Waals surface area contributed by atoms with Gasteiger partial charge in [0.2, 0.25) is 0 Å². The van der Waals surface area contributed by atoms with E-state index in [0.29, 0.717) is 17.5 Å². The van der Waals surface area contributed by atoms with Gasteiger partial charge in [-0.3, -0.25) is 0 Å². The Morgan fingerprint density at radius 3 is 1.40 bits per heavy atom. The Balaban J connectivity index is 1.18. The van der Waals surface area contributed by atoms with Crippen LogP contribution < -0.4 is 0 Å². The van der Waals surface area contributed by atoms with E-state index in [9.17, 15) is 0 Å². The van der Waals surface area contributed by atoms with Crippen LogP contribution in [-0.2, 0) is 0 Å². The van der Waals surface area contributed by atoms with E-state index in [1.807, 2.05) is 72.8 Å². The lowest BCUT2D eigenvalue weighted by Crippen LogP contribution is -2.00. The highest BCUT2D eigenvalue weighted by Gasteiger charge is 2.19. The van der Waals surface area contributed by atoms with Crippen molar-refractivity contribution in [1.29, 1.82) is 0 Å². The lowest BCUT2D eigenvalue weighted by atomic mass is 9.95. The summed E-state index contributed by atoms with van der Waals surface area (Å²) in [6.45, 7) is 0. The van der Waals surface area contributed by atoms with Crippen molar-refractivity contribution >= 4 is 32.7 Å². The molecule has 0 saturated carbocycles. The molecular formula is C43H27N3O. The number of benzene rings is 7. The third-order valence-electron chi connectivity index (χ3n) is 8.76. The molecule has 0 radical (unpaired) electrons. The van der Waals surface area contributed by atoms with Crippen molar-refractivity contribution in [2.45, 2.75) is 0 Å². The van der Waals surface area contributed by atoms with Gasteiger partial charge in [-0.25, -0.2) is 15.0 Å². The highest BCUT2D eigenvalue weighted by atomic mass is 16.3. The Bertz CT molecular complexity index is 2490. The summed E-state index contributed by atoms with van der Waals surface area (Å²) in [5, 5.41) is 4.56. The van der Waals surface area contributed by atoms with Crippen LogP contribution in [0, 0.1) is 0 Å². The molecule has 0 fully saturated rings. The Hall–Kier alpha value is -6.39. The number of nitrogens with zero attached hydrogens (tertiary/aromatic N) is 3. The summed E-state index contributed by atoms with van der Waals surface area (Å²) in [6, 6.07) is 56.3. The quantitative estimate of drug-likeness (QED) is 0.197. The predicted molar refractivity (Wildman–Crippen MR) is 192 cm³/mol. The average molecular weight is 602 g/mol. The molecule has 4 nitrogen and oxygen atoms in total. The highest BCUT2D eigenvalue weighted by molar-refractivity contribution is 6.12. The first-order valence-corrected chi connectivity index (χ1v) is 15.7. The molecule has 2 aromatic heterocycles. The number of hydrogen-bond donors (Lipinski definition) is 0. The molecule has 220 valence electrons. The minimum Gasteiger partial charge on any atom is -0.455 e. The summed E-state index contributed by atoms with van der Waals surface area (Å²) < 4.78 is 6.79. The van der Waals surface area contributed by atoms with E-state index in [-0.39, 0.29) is 0 Å². The Morgan fingerprint density at radius 2 is 0.745 bits per heavy atom. The lowest BCUT2D eigenvalue weighted by Gasteiger charge is -2.09. The summed E-state index contributed by atoms with van der Waals surface area (Å²) >= 11 is 0. The second kappa shape index (κ2) is 11.2. The molecule has 2 heterocycles. The Labute approximate surface area is 271 Å². The smallest absolute Gasteiger partial charge is 0.167 e. The summed E-state index contributed by atoms with van der Waals surface area (Å²) in [5.74, 6) is 1.81. The molecule has 0 amide bonds. The maximum absolute atomic E-state index is 6.79. The fourth-order valence-electron chi connectivity index (χ4n) is 6.46. The van der Waals surface area contributed by atoms with Crippen molar-refractivity contribution in [2.24, 2.45) is 0 Å². The predicted octanol–water partition coefficient (Wildman–Crippen LogP) is 11.3. The Morgan fingerprint density at radius 1 is 0.298 bits per heavy atom. The number of hydrogen-bond acceptors (Lipinski definition) is 4. The third-order valence-corrected chi connectivity index (χ3v) is 8.76. The van der Waals surface area contributed by atoms with Crippen LogP contribution in [0.2, 0.25) is 0 Å². The van der Waals surface area contributed by atoms with Crippen LogP contribution >= 0.6 is 0 Å². The van der Waals surface area contributed by atoms with Gasteiger partial charge >= 0.3 is 0 Å². The van der Waals surface area contributed by atoms with Crippen molar-refractivity contribution in [3.8, 4) is 56.4 Å². The number of rotatable bonds is 5. The molecule has 0 spiro atoms. The molecule has 0 saturated heterocycles. The van der Waals surface area contributed by atoms with Crippen LogP contribution in [0.4, 0.5) is 0 Å². The zero-order chi connectivity index (χ0) is 31.2. The number of fused-ring (bicyclic) bond motifs is 4. The van der Waals surface area contributed by atoms with E-state index in [1.165, 1.54) is 21.9 Å². The summed E-state index contributed by atoms with van der Waals surface area (Å²) in [7, 11) is 0. The van der Waals surface area contributed by atoms with Crippen LogP contribution in [0.15, 0.2) is 168 Å². The highest BCUT2D eigenvalue weighted by Crippen LogP contribution is 2.40. The maximum Gasteiger partial charge on any atom is 0.167 e. The molecule has 9 aromatic rings. The molecule has 0 aliphatic heterocycles. The fourth-order valence-corrected chi connectivity index (χ4v) is 6.46. The first-order chi connectivity index (χ1) is 23.3. The molecule has 0 aliphatic carbocycles. The lowest BCUT2D eigenvalue weighted by molar-refractivity contribution is 0.670. The van der Waals surface area contributed by atoms with Gasteiger partial charge in [0, 0.05) is 27.5 Å². The number of para-hydroxylation sites is 2. The van der Waals surface area contributed by atoms with Crippen molar-refractivity contribution in [3.63, 3.8) is 0 Å². The topological polar surface area (TPSA) is 51.8 Å². The zero-order valence-electron chi connectivity index (χ0n) is 25.3. The molecule has 0 bridgehead atoms. The Kier molecular flexibility index (Phi) is 6.43. The van der Waals surface area contributed by atoms with E-state index < -0.39 is 0 Å². The van der Waals surface area contributed by atoms with E-state index >= 15 is 0 Å². The molecule has 4 heteroatoms. The van der Waals surface area contributed by atoms with Crippen LogP contribution in [0.1, 0.15) is 0 Å². The van der Waals surface area contributed by atoms with Crippen molar-refractivity contribution in [1.82, 2.24) is 15.0 Å². The molecule has 0 aliphatic rings. The second-order valence-corrected chi connectivity index (χ2v) is 11.6. The molecular weight excluding hydrogens is 574 g/mol. The van der Waals surface area contributed by atoms with Gasteiger partial charge in [0.05, 0.1) is 5.56 Å². The van der Waals surface area contributed by atoms with Crippen LogP contribution in [-0.4, -0.2) is 15.0 Å². The normalized spacial score (nSPS) is 11.4. The van der Waals surface area contributed by atoms with Gasteiger partial charge in [0.1, 0.15) is 11.2 Å². The second-order valence-electron chi connectivity index (χ2n) is 11.6. The van der Waals surface area contributed by atoms with E-state index in [2.05, 4.69) is 91.0 Å². The van der Waals surface area contributed by atoms with E-state index in [1.54, 1.807) is 0 Å². The summed E-state index contributed by atoms with van der Waals surface area (Å²) in [6.07, 6.45) is 0. The van der Waals surface area contributed by atoms with Gasteiger partial charge in [-0.2, -0.15) is 0 Å². The standard InChI is InChI=1S/C43H27N3O/c1-3-13-31(14-4-1)41-44-42(32-15-5-2-6-16-32)46-43(45-41)38-23-11-22-37-36-21-10-20-35(39(36)47-40(37)38)30-26-24-29(25-27-30)34-19-9-17-28-12-7-8-18-33(28)34/h1-27H. The number of furan rings is 1. The molecule has 0 unspecified atom stereocenters. The summed E-state index contributed by atoms with van der Waals surface area (Å²) in [4.78, 5) is 14.8. The maximum atomic E-state index is 6.79.